The average molecular weight is 507 g/mol. The number of hydrogen-bond donors (Lipinski definition) is 3. The van der Waals surface area contributed by atoms with Gasteiger partial charge in [0.1, 0.15) is 18.1 Å². The molecule has 9 heteroatoms. The molecule has 0 saturated carbocycles. The summed E-state index contributed by atoms with van der Waals surface area (Å²) in [6.45, 7) is 2.31. The molecule has 1 spiro atoms. The van der Waals surface area contributed by atoms with Crippen LogP contribution >= 0.6 is 0 Å². The van der Waals surface area contributed by atoms with E-state index in [1.807, 2.05) is 23.1 Å². The van der Waals surface area contributed by atoms with Crippen LogP contribution < -0.4 is 25.4 Å². The maximum absolute atomic E-state index is 13.4. The van der Waals surface area contributed by atoms with Crippen LogP contribution in [0.4, 0.5) is 5.69 Å². The van der Waals surface area contributed by atoms with E-state index in [0.717, 1.165) is 25.1 Å². The summed E-state index contributed by atoms with van der Waals surface area (Å²) in [7, 11) is 1.60. The number of carbonyl (C=O) groups is 3. The first-order chi connectivity index (χ1) is 18.0. The number of methoxy groups -OCH3 is 1. The lowest BCUT2D eigenvalue weighted by Crippen LogP contribution is -2.53. The monoisotopic (exact) mass is 506 g/mol. The van der Waals surface area contributed by atoms with E-state index in [4.69, 9.17) is 9.47 Å². The fraction of sp³-hybridized carbons (Fsp3) is 0.393. The van der Waals surface area contributed by atoms with Crippen LogP contribution in [0, 0.1) is 5.41 Å². The largest absolute Gasteiger partial charge is 0.497 e. The van der Waals surface area contributed by atoms with Gasteiger partial charge in [-0.25, -0.2) is 0 Å². The third-order valence-electron chi connectivity index (χ3n) is 6.72. The third kappa shape index (κ3) is 6.89. The van der Waals surface area contributed by atoms with Crippen LogP contribution in [0.15, 0.2) is 60.7 Å². The number of fused-ring (bicyclic) bond motifs is 1. The Morgan fingerprint density at radius 3 is 2.68 bits per heavy atom. The molecule has 0 radical (unpaired) electrons. The van der Waals surface area contributed by atoms with Crippen molar-refractivity contribution in [3.8, 4) is 11.5 Å². The Bertz CT molecular complexity index is 1130. The normalized spacial score (nSPS) is 22.0. The van der Waals surface area contributed by atoms with Gasteiger partial charge in [0.05, 0.1) is 24.6 Å². The van der Waals surface area contributed by atoms with Crippen LogP contribution in [0.2, 0.25) is 0 Å². The molecule has 3 amide bonds. The number of benzene rings is 2. The molecule has 0 aromatic heterocycles. The fourth-order valence-corrected chi connectivity index (χ4v) is 4.81. The van der Waals surface area contributed by atoms with Crippen LogP contribution in [0.25, 0.3) is 0 Å². The first-order valence-electron chi connectivity index (χ1n) is 12.6. The van der Waals surface area contributed by atoms with Crippen molar-refractivity contribution >= 4 is 23.4 Å². The van der Waals surface area contributed by atoms with Gasteiger partial charge in [-0.2, -0.15) is 0 Å². The highest BCUT2D eigenvalue weighted by Crippen LogP contribution is 2.34. The minimum atomic E-state index is -0.665. The topological polar surface area (TPSA) is 109 Å². The number of anilines is 1. The zero-order valence-electron chi connectivity index (χ0n) is 21.1. The van der Waals surface area contributed by atoms with E-state index in [-0.39, 0.29) is 30.9 Å². The molecule has 2 aliphatic rings. The lowest BCUT2D eigenvalue weighted by Gasteiger charge is -2.41. The summed E-state index contributed by atoms with van der Waals surface area (Å²) >= 11 is 0. The van der Waals surface area contributed by atoms with Crippen LogP contribution in [0.5, 0.6) is 11.5 Å². The molecule has 1 fully saturated rings. The molecule has 196 valence electrons. The van der Waals surface area contributed by atoms with Gasteiger partial charge in [-0.3, -0.25) is 19.3 Å². The van der Waals surface area contributed by atoms with Crippen LogP contribution in [0.3, 0.4) is 0 Å². The SMILES string of the molecule is COc1ccc(NC(=O)CN2CCCC3(C/C=C\COc4ccccc4C(=O)NCCNC3=O)C2)cc1. The zero-order valence-corrected chi connectivity index (χ0v) is 21.1. The van der Waals surface area contributed by atoms with Crippen molar-refractivity contribution in [2.75, 3.05) is 51.8 Å². The predicted octanol–water partition coefficient (Wildman–Crippen LogP) is 2.60. The quantitative estimate of drug-likeness (QED) is 0.550. The molecule has 2 aromatic carbocycles. The zero-order chi connectivity index (χ0) is 26.1. The number of ether oxygens (including phenoxy) is 2. The molecule has 0 bridgehead atoms. The predicted molar refractivity (Wildman–Crippen MR) is 141 cm³/mol. The second-order valence-corrected chi connectivity index (χ2v) is 9.37. The standard InChI is InChI=1S/C28H34N4O5/c1-36-22-11-9-21(10-12-22)31-25(33)19-32-17-6-14-28(20-32)13-4-5-18-37-24-8-3-2-7-23(24)26(34)29-15-16-30-27(28)35/h2-5,7-12H,6,13-20H2,1H3,(H,29,34)(H,30,35)(H,31,33)/b5-4-. The molecule has 2 heterocycles. The van der Waals surface area contributed by atoms with E-state index < -0.39 is 5.41 Å². The van der Waals surface area contributed by atoms with Crippen LogP contribution in [-0.2, 0) is 9.59 Å². The summed E-state index contributed by atoms with van der Waals surface area (Å²) in [4.78, 5) is 40.8. The molecule has 37 heavy (non-hydrogen) atoms. The first-order valence-corrected chi connectivity index (χ1v) is 12.6. The molecule has 0 aliphatic carbocycles. The molecule has 2 aromatic rings. The first kappa shape index (κ1) is 26.2. The van der Waals surface area contributed by atoms with Crippen molar-refractivity contribution < 1.29 is 23.9 Å². The Balaban J connectivity index is 1.42. The minimum Gasteiger partial charge on any atom is -0.497 e. The fourth-order valence-electron chi connectivity index (χ4n) is 4.81. The molecular weight excluding hydrogens is 472 g/mol. The minimum absolute atomic E-state index is 0.0648. The maximum Gasteiger partial charge on any atom is 0.255 e. The molecule has 1 unspecified atom stereocenters. The van der Waals surface area contributed by atoms with Crippen LogP contribution in [0.1, 0.15) is 29.6 Å². The Kier molecular flexibility index (Phi) is 8.79. The van der Waals surface area contributed by atoms with Crippen molar-refractivity contribution in [3.05, 3.63) is 66.2 Å². The summed E-state index contributed by atoms with van der Waals surface area (Å²) in [6, 6.07) is 14.3. The van der Waals surface area contributed by atoms with E-state index in [1.165, 1.54) is 0 Å². The number of hydrogen-bond acceptors (Lipinski definition) is 6. The summed E-state index contributed by atoms with van der Waals surface area (Å²) in [6.07, 6.45) is 5.90. The van der Waals surface area contributed by atoms with Crippen molar-refractivity contribution in [2.45, 2.75) is 19.3 Å². The summed E-state index contributed by atoms with van der Waals surface area (Å²) in [5.41, 5.74) is 0.493. The van der Waals surface area contributed by atoms with Crippen molar-refractivity contribution in [1.29, 1.82) is 0 Å². The van der Waals surface area contributed by atoms with Gasteiger partial charge >= 0.3 is 0 Å². The Hall–Kier alpha value is -3.85. The number of amides is 3. The highest BCUT2D eigenvalue weighted by Gasteiger charge is 2.41. The van der Waals surface area contributed by atoms with E-state index >= 15 is 0 Å². The van der Waals surface area contributed by atoms with Gasteiger partial charge in [-0.15, -0.1) is 0 Å². The van der Waals surface area contributed by atoms with Gasteiger partial charge in [0.15, 0.2) is 0 Å². The number of rotatable bonds is 4. The second kappa shape index (κ2) is 12.4. The van der Waals surface area contributed by atoms with Crippen molar-refractivity contribution in [2.24, 2.45) is 5.41 Å². The van der Waals surface area contributed by atoms with Gasteiger partial charge < -0.3 is 25.4 Å². The Morgan fingerprint density at radius 1 is 1.08 bits per heavy atom. The Labute approximate surface area is 217 Å². The number of nitrogens with one attached hydrogen (secondary N) is 3. The molecule has 9 nitrogen and oxygen atoms in total. The van der Waals surface area contributed by atoms with E-state index in [0.29, 0.717) is 43.1 Å². The number of nitrogens with zero attached hydrogens (tertiary/aromatic N) is 1. The van der Waals surface area contributed by atoms with Crippen LogP contribution in [-0.4, -0.2) is 69.1 Å². The maximum atomic E-state index is 13.4. The number of para-hydroxylation sites is 1. The number of allylic oxidation sites excluding steroid dienone is 1. The average Bonchev–Trinajstić information content (AvgIpc) is 2.91. The lowest BCUT2D eigenvalue weighted by atomic mass is 9.76. The highest BCUT2D eigenvalue weighted by molar-refractivity contribution is 5.97. The molecular formula is C28H34N4O5. The van der Waals surface area contributed by atoms with E-state index in [2.05, 4.69) is 16.0 Å². The van der Waals surface area contributed by atoms with Gasteiger partial charge in [0, 0.05) is 25.3 Å². The molecule has 4 rings (SSSR count). The molecule has 1 saturated heterocycles. The summed E-state index contributed by atoms with van der Waals surface area (Å²) in [5, 5.41) is 8.77. The molecule has 1 atom stereocenters. The number of likely N-dealkylation sites (tertiary alicyclic amines) is 1. The smallest absolute Gasteiger partial charge is 0.255 e. The summed E-state index contributed by atoms with van der Waals surface area (Å²) in [5.74, 6) is 0.802. The Morgan fingerprint density at radius 2 is 1.86 bits per heavy atom. The van der Waals surface area contributed by atoms with Crippen molar-refractivity contribution in [3.63, 3.8) is 0 Å². The van der Waals surface area contributed by atoms with Gasteiger partial charge in [-0.1, -0.05) is 24.3 Å². The van der Waals surface area contributed by atoms with Crippen molar-refractivity contribution in [1.82, 2.24) is 15.5 Å². The molecule has 2 aliphatic heterocycles. The number of carbonyl (C=O) groups excluding carboxylic acids is 3. The van der Waals surface area contributed by atoms with Gasteiger partial charge in [0.2, 0.25) is 11.8 Å². The lowest BCUT2D eigenvalue weighted by molar-refractivity contribution is -0.135. The highest BCUT2D eigenvalue weighted by atomic mass is 16.5. The van der Waals surface area contributed by atoms with Gasteiger partial charge in [0.25, 0.3) is 5.91 Å². The summed E-state index contributed by atoms with van der Waals surface area (Å²) < 4.78 is 11.0. The number of piperidine rings is 1. The molecule has 3 N–H and O–H groups in total. The van der Waals surface area contributed by atoms with Gasteiger partial charge in [-0.05, 0) is 62.2 Å². The van der Waals surface area contributed by atoms with E-state index in [1.54, 1.807) is 49.6 Å². The van der Waals surface area contributed by atoms with E-state index in [9.17, 15) is 14.4 Å². The third-order valence-corrected chi connectivity index (χ3v) is 6.72. The second-order valence-electron chi connectivity index (χ2n) is 9.37.